The molecule has 158 valence electrons. The molecule has 0 radical (unpaired) electrons. The van der Waals surface area contributed by atoms with Gasteiger partial charge in [0.2, 0.25) is 0 Å². The predicted octanol–water partition coefficient (Wildman–Crippen LogP) is 2.70. The van der Waals surface area contributed by atoms with Crippen molar-refractivity contribution >= 4 is 15.6 Å². The van der Waals surface area contributed by atoms with Crippen LogP contribution in [0.3, 0.4) is 0 Å². The molecule has 1 atom stereocenters. The summed E-state index contributed by atoms with van der Waals surface area (Å²) in [6.45, 7) is 6.81. The molecule has 1 aliphatic heterocycles. The number of hydrogen-bond acceptors (Lipinski definition) is 6. The molecule has 2 heterocycles. The van der Waals surface area contributed by atoms with E-state index in [1.165, 1.54) is 0 Å². The van der Waals surface area contributed by atoms with Crippen molar-refractivity contribution < 1.29 is 17.9 Å². The van der Waals surface area contributed by atoms with Crippen molar-refractivity contribution in [1.29, 1.82) is 0 Å². The summed E-state index contributed by atoms with van der Waals surface area (Å²) < 4.78 is 31.0. The molecule has 1 saturated heterocycles. The fourth-order valence-electron chi connectivity index (χ4n) is 3.99. The number of aryl methyl sites for hydroxylation is 1. The summed E-state index contributed by atoms with van der Waals surface area (Å²) in [4.78, 5) is 13.9. The zero-order valence-corrected chi connectivity index (χ0v) is 18.5. The minimum atomic E-state index is -2.96. The zero-order chi connectivity index (χ0) is 21.3. The summed E-state index contributed by atoms with van der Waals surface area (Å²) in [5.74, 6) is 1.18. The van der Waals surface area contributed by atoms with E-state index in [2.05, 4.69) is 10.00 Å². The van der Waals surface area contributed by atoms with Crippen LogP contribution in [-0.4, -0.2) is 54.5 Å². The van der Waals surface area contributed by atoms with Crippen LogP contribution in [0.2, 0.25) is 0 Å². The molecule has 0 amide bonds. The van der Waals surface area contributed by atoms with Crippen LogP contribution in [-0.2, 0) is 22.9 Å². The number of Topliss-reactive ketones (excluding diaryl/α,β-unsaturated/α-hetero) is 1. The monoisotopic (exact) mass is 419 g/mol. The molecule has 2 aromatic rings. The number of ether oxygens (including phenoxy) is 1. The molecule has 1 aliphatic rings. The van der Waals surface area contributed by atoms with E-state index in [9.17, 15) is 13.2 Å². The van der Waals surface area contributed by atoms with Gasteiger partial charge in [0, 0.05) is 35.5 Å². The van der Waals surface area contributed by atoms with Crippen molar-refractivity contribution in [3.8, 4) is 5.75 Å². The first-order valence-electron chi connectivity index (χ1n) is 9.72. The minimum absolute atomic E-state index is 0.0241. The van der Waals surface area contributed by atoms with Crippen molar-refractivity contribution in [1.82, 2.24) is 14.7 Å². The van der Waals surface area contributed by atoms with Gasteiger partial charge >= 0.3 is 0 Å². The highest BCUT2D eigenvalue weighted by Gasteiger charge is 2.31. The van der Waals surface area contributed by atoms with E-state index in [-0.39, 0.29) is 23.3 Å². The molecule has 8 heteroatoms. The van der Waals surface area contributed by atoms with Gasteiger partial charge in [-0.25, -0.2) is 8.42 Å². The topological polar surface area (TPSA) is 81.5 Å². The third-order valence-electron chi connectivity index (χ3n) is 5.58. The van der Waals surface area contributed by atoms with Crippen LogP contribution in [0.4, 0.5) is 0 Å². The smallest absolute Gasteiger partial charge is 0.159 e. The first-order chi connectivity index (χ1) is 13.6. The standard InChI is InChI=1S/C21H29N3O4S/c1-14-20(15(2)24(22-14)19-8-9-29(26,27)13-19)12-23(4)11-18-10-17(16(3)25)6-7-21(18)28-5/h6-7,10,19H,8-9,11-13H2,1-5H3/t19-/m0/s1. The lowest BCUT2D eigenvalue weighted by Gasteiger charge is -2.19. The highest BCUT2D eigenvalue weighted by atomic mass is 32.2. The summed E-state index contributed by atoms with van der Waals surface area (Å²) in [5.41, 5.74) is 4.66. The Morgan fingerprint density at radius 3 is 2.62 bits per heavy atom. The normalized spacial score (nSPS) is 18.3. The van der Waals surface area contributed by atoms with Crippen LogP contribution >= 0.6 is 0 Å². The molecule has 0 saturated carbocycles. The van der Waals surface area contributed by atoms with Crippen LogP contribution in [0.1, 0.15) is 52.3 Å². The van der Waals surface area contributed by atoms with E-state index in [1.807, 2.05) is 37.7 Å². The lowest BCUT2D eigenvalue weighted by Crippen LogP contribution is -2.19. The summed E-state index contributed by atoms with van der Waals surface area (Å²) in [5, 5.41) is 4.65. The SMILES string of the molecule is COc1ccc(C(C)=O)cc1CN(C)Cc1c(C)nn([C@H]2CCS(=O)(=O)C2)c1C. The number of benzene rings is 1. The molecule has 1 fully saturated rings. The molecule has 0 bridgehead atoms. The lowest BCUT2D eigenvalue weighted by atomic mass is 10.1. The largest absolute Gasteiger partial charge is 0.496 e. The van der Waals surface area contributed by atoms with Gasteiger partial charge in [-0.15, -0.1) is 0 Å². The first-order valence-corrected chi connectivity index (χ1v) is 11.5. The number of sulfone groups is 1. The number of methoxy groups -OCH3 is 1. The zero-order valence-electron chi connectivity index (χ0n) is 17.7. The second-order valence-corrected chi connectivity index (χ2v) is 10.1. The number of nitrogens with zero attached hydrogens (tertiary/aromatic N) is 3. The summed E-state index contributed by atoms with van der Waals surface area (Å²) in [7, 11) is 0.676. The third kappa shape index (κ3) is 4.70. The van der Waals surface area contributed by atoms with Crippen LogP contribution in [0.25, 0.3) is 0 Å². The summed E-state index contributed by atoms with van der Waals surface area (Å²) >= 11 is 0. The Bertz CT molecular complexity index is 1030. The van der Waals surface area contributed by atoms with E-state index in [0.29, 0.717) is 25.1 Å². The molecule has 0 aliphatic carbocycles. The number of rotatable bonds is 7. The molecule has 0 N–H and O–H groups in total. The van der Waals surface area contributed by atoms with Crippen LogP contribution in [0.15, 0.2) is 18.2 Å². The fourth-order valence-corrected chi connectivity index (χ4v) is 5.68. The second kappa shape index (κ2) is 8.28. The van der Waals surface area contributed by atoms with Gasteiger partial charge in [0.05, 0.1) is 30.4 Å². The summed E-state index contributed by atoms with van der Waals surface area (Å²) in [6.07, 6.45) is 0.620. The maximum absolute atomic E-state index is 11.8. The minimum Gasteiger partial charge on any atom is -0.496 e. The molecular weight excluding hydrogens is 390 g/mol. The van der Waals surface area contributed by atoms with Gasteiger partial charge in [-0.2, -0.15) is 5.10 Å². The fraction of sp³-hybridized carbons (Fsp3) is 0.524. The Balaban J connectivity index is 1.79. The average molecular weight is 420 g/mol. The van der Waals surface area contributed by atoms with Gasteiger partial charge in [0.25, 0.3) is 0 Å². The van der Waals surface area contributed by atoms with Crippen molar-refractivity contribution in [2.24, 2.45) is 0 Å². The molecule has 0 spiro atoms. The molecule has 3 rings (SSSR count). The van der Waals surface area contributed by atoms with E-state index in [0.717, 1.165) is 28.3 Å². The molecular formula is C21H29N3O4S. The number of carbonyl (C=O) groups is 1. The van der Waals surface area contributed by atoms with Gasteiger partial charge in [-0.05, 0) is 52.4 Å². The first kappa shape index (κ1) is 21.5. The Morgan fingerprint density at radius 2 is 2.03 bits per heavy atom. The molecule has 7 nitrogen and oxygen atoms in total. The van der Waals surface area contributed by atoms with E-state index in [1.54, 1.807) is 20.1 Å². The number of aromatic nitrogens is 2. The van der Waals surface area contributed by atoms with Gasteiger partial charge in [0.15, 0.2) is 15.6 Å². The molecule has 0 unspecified atom stereocenters. The predicted molar refractivity (Wildman–Crippen MR) is 112 cm³/mol. The van der Waals surface area contributed by atoms with Crippen molar-refractivity contribution in [2.45, 2.75) is 46.3 Å². The average Bonchev–Trinajstić information content (AvgIpc) is 3.15. The van der Waals surface area contributed by atoms with E-state index in [4.69, 9.17) is 4.74 Å². The lowest BCUT2D eigenvalue weighted by molar-refractivity contribution is 0.101. The molecule has 29 heavy (non-hydrogen) atoms. The van der Waals surface area contributed by atoms with Gasteiger partial charge < -0.3 is 4.74 Å². The van der Waals surface area contributed by atoms with Gasteiger partial charge in [-0.3, -0.25) is 14.4 Å². The van der Waals surface area contributed by atoms with Gasteiger partial charge in [0.1, 0.15) is 5.75 Å². The number of hydrogen-bond donors (Lipinski definition) is 0. The maximum atomic E-state index is 11.8. The molecule has 1 aromatic carbocycles. The summed E-state index contributed by atoms with van der Waals surface area (Å²) in [6, 6.07) is 5.41. The quantitative estimate of drug-likeness (QED) is 0.642. The third-order valence-corrected chi connectivity index (χ3v) is 7.33. The van der Waals surface area contributed by atoms with Crippen molar-refractivity contribution in [3.63, 3.8) is 0 Å². The van der Waals surface area contributed by atoms with Gasteiger partial charge in [-0.1, -0.05) is 0 Å². The maximum Gasteiger partial charge on any atom is 0.159 e. The second-order valence-electron chi connectivity index (χ2n) is 7.91. The number of ketones is 1. The Labute approximate surface area is 172 Å². The highest BCUT2D eigenvalue weighted by Crippen LogP contribution is 2.28. The van der Waals surface area contributed by atoms with E-state index >= 15 is 0 Å². The Hall–Kier alpha value is -2.19. The van der Waals surface area contributed by atoms with Crippen LogP contribution in [0, 0.1) is 13.8 Å². The van der Waals surface area contributed by atoms with E-state index < -0.39 is 9.84 Å². The van der Waals surface area contributed by atoms with Crippen LogP contribution in [0.5, 0.6) is 5.75 Å². The number of carbonyl (C=O) groups excluding carboxylic acids is 1. The highest BCUT2D eigenvalue weighted by molar-refractivity contribution is 7.91. The van der Waals surface area contributed by atoms with Crippen molar-refractivity contribution in [3.05, 3.63) is 46.3 Å². The van der Waals surface area contributed by atoms with Crippen molar-refractivity contribution in [2.75, 3.05) is 25.7 Å². The van der Waals surface area contributed by atoms with Crippen LogP contribution < -0.4 is 4.74 Å². The molecule has 1 aromatic heterocycles. The Kier molecular flexibility index (Phi) is 6.14. The Morgan fingerprint density at radius 1 is 1.31 bits per heavy atom.